The van der Waals surface area contributed by atoms with Crippen LogP contribution in [0.25, 0.3) is 0 Å². The average Bonchev–Trinajstić information content (AvgIpc) is 2.22. The predicted octanol–water partition coefficient (Wildman–Crippen LogP) is 2.34. The van der Waals surface area contributed by atoms with E-state index in [9.17, 15) is 4.79 Å². The quantitative estimate of drug-likeness (QED) is 0.706. The first-order chi connectivity index (χ1) is 6.70. The summed E-state index contributed by atoms with van der Waals surface area (Å²) in [7, 11) is 3.54. The number of nitrogens with zero attached hydrogens (tertiary/aromatic N) is 1. The summed E-state index contributed by atoms with van der Waals surface area (Å²) in [6.45, 7) is 4.00. The summed E-state index contributed by atoms with van der Waals surface area (Å²) >= 11 is 0. The fourth-order valence-electron chi connectivity index (χ4n) is 0.929. The van der Waals surface area contributed by atoms with Crippen molar-refractivity contribution < 1.29 is 4.79 Å². The lowest BCUT2D eigenvalue weighted by Crippen LogP contribution is -2.23. The topological polar surface area (TPSA) is 20.3 Å². The first-order valence-electron chi connectivity index (χ1n) is 4.94. The molecule has 0 aliphatic carbocycles. The summed E-state index contributed by atoms with van der Waals surface area (Å²) in [5, 5.41) is 0. The SMILES string of the molecule is CC.CN(C)C(=O)Cc1ccccc1. The molecule has 1 rings (SSSR count). The maximum absolute atomic E-state index is 11.2. The molecule has 0 bridgehead atoms. The van der Waals surface area contributed by atoms with Crippen LogP contribution in [0.1, 0.15) is 19.4 Å². The van der Waals surface area contributed by atoms with Gasteiger partial charge in [-0.25, -0.2) is 0 Å². The number of carbonyl (C=O) groups excluding carboxylic acids is 1. The molecule has 14 heavy (non-hydrogen) atoms. The van der Waals surface area contributed by atoms with Crippen molar-refractivity contribution in [1.29, 1.82) is 0 Å². The molecule has 0 aliphatic rings. The molecular formula is C12H19NO. The Morgan fingerprint density at radius 1 is 1.14 bits per heavy atom. The molecule has 0 saturated heterocycles. The molecule has 0 unspecified atom stereocenters. The standard InChI is InChI=1S/C10H13NO.C2H6/c1-11(2)10(12)8-9-6-4-3-5-7-9;1-2/h3-7H,8H2,1-2H3;1-2H3. The minimum atomic E-state index is 0.140. The second-order valence-corrected chi connectivity index (χ2v) is 2.95. The van der Waals surface area contributed by atoms with Gasteiger partial charge in [-0.05, 0) is 5.56 Å². The van der Waals surface area contributed by atoms with E-state index >= 15 is 0 Å². The molecule has 1 aromatic carbocycles. The number of likely N-dealkylation sites (N-methyl/N-ethyl adjacent to an activating group) is 1. The van der Waals surface area contributed by atoms with Gasteiger partial charge >= 0.3 is 0 Å². The van der Waals surface area contributed by atoms with Gasteiger partial charge in [-0.2, -0.15) is 0 Å². The molecule has 0 atom stereocenters. The number of hydrogen-bond acceptors (Lipinski definition) is 1. The lowest BCUT2D eigenvalue weighted by molar-refractivity contribution is -0.127. The third kappa shape index (κ3) is 4.65. The molecule has 0 saturated carbocycles. The van der Waals surface area contributed by atoms with E-state index in [-0.39, 0.29) is 5.91 Å². The molecule has 0 fully saturated rings. The molecule has 0 radical (unpaired) electrons. The van der Waals surface area contributed by atoms with Gasteiger partial charge in [0.2, 0.25) is 5.91 Å². The van der Waals surface area contributed by atoms with E-state index in [1.807, 2.05) is 44.2 Å². The van der Waals surface area contributed by atoms with Crippen molar-refractivity contribution in [2.24, 2.45) is 0 Å². The Morgan fingerprint density at radius 2 is 1.64 bits per heavy atom. The Labute approximate surface area is 86.5 Å². The zero-order valence-electron chi connectivity index (χ0n) is 9.45. The van der Waals surface area contributed by atoms with Crippen molar-refractivity contribution in [3.05, 3.63) is 35.9 Å². The van der Waals surface area contributed by atoms with Crippen LogP contribution in [-0.2, 0) is 11.2 Å². The van der Waals surface area contributed by atoms with Crippen LogP contribution in [0.2, 0.25) is 0 Å². The third-order valence-electron chi connectivity index (χ3n) is 1.70. The van der Waals surface area contributed by atoms with Crippen LogP contribution in [0, 0.1) is 0 Å². The number of carbonyl (C=O) groups is 1. The molecule has 2 heteroatoms. The normalized spacial score (nSPS) is 8.57. The molecule has 0 heterocycles. The van der Waals surface area contributed by atoms with E-state index < -0.39 is 0 Å². The minimum Gasteiger partial charge on any atom is -0.349 e. The molecular weight excluding hydrogens is 174 g/mol. The minimum absolute atomic E-state index is 0.140. The van der Waals surface area contributed by atoms with Gasteiger partial charge in [0.1, 0.15) is 0 Å². The Balaban J connectivity index is 0.000000791. The summed E-state index contributed by atoms with van der Waals surface area (Å²) in [6, 6.07) is 9.75. The van der Waals surface area contributed by atoms with Crippen molar-refractivity contribution in [3.8, 4) is 0 Å². The summed E-state index contributed by atoms with van der Waals surface area (Å²) in [5.41, 5.74) is 1.07. The van der Waals surface area contributed by atoms with Crippen LogP contribution in [0.3, 0.4) is 0 Å². The Bertz CT molecular complexity index is 254. The largest absolute Gasteiger partial charge is 0.349 e. The average molecular weight is 193 g/mol. The highest BCUT2D eigenvalue weighted by Crippen LogP contribution is 2.00. The fourth-order valence-corrected chi connectivity index (χ4v) is 0.929. The predicted molar refractivity (Wildman–Crippen MR) is 60.2 cm³/mol. The summed E-state index contributed by atoms with van der Waals surface area (Å²) in [6.07, 6.45) is 0.494. The molecule has 1 aromatic rings. The van der Waals surface area contributed by atoms with Gasteiger partial charge in [-0.15, -0.1) is 0 Å². The second kappa shape index (κ2) is 7.13. The van der Waals surface area contributed by atoms with Gasteiger partial charge < -0.3 is 4.90 Å². The maximum Gasteiger partial charge on any atom is 0.226 e. The van der Waals surface area contributed by atoms with Crippen LogP contribution in [0.4, 0.5) is 0 Å². The van der Waals surface area contributed by atoms with E-state index in [0.717, 1.165) is 5.56 Å². The van der Waals surface area contributed by atoms with Gasteiger partial charge in [-0.3, -0.25) is 4.79 Å². The molecule has 2 nitrogen and oxygen atoms in total. The third-order valence-corrected chi connectivity index (χ3v) is 1.70. The molecule has 0 N–H and O–H groups in total. The summed E-state index contributed by atoms with van der Waals surface area (Å²) in [5.74, 6) is 0.140. The van der Waals surface area contributed by atoms with Crippen LogP contribution < -0.4 is 0 Å². The number of rotatable bonds is 2. The highest BCUT2D eigenvalue weighted by Gasteiger charge is 2.03. The lowest BCUT2D eigenvalue weighted by atomic mass is 10.1. The van der Waals surface area contributed by atoms with Crippen molar-refractivity contribution in [1.82, 2.24) is 4.90 Å². The van der Waals surface area contributed by atoms with Crippen LogP contribution in [0.15, 0.2) is 30.3 Å². The van der Waals surface area contributed by atoms with E-state index in [1.165, 1.54) is 0 Å². The zero-order valence-corrected chi connectivity index (χ0v) is 9.45. The number of benzene rings is 1. The second-order valence-electron chi connectivity index (χ2n) is 2.95. The Morgan fingerprint density at radius 3 is 2.07 bits per heavy atom. The van der Waals surface area contributed by atoms with Gasteiger partial charge in [0.25, 0.3) is 0 Å². The first-order valence-corrected chi connectivity index (χ1v) is 4.94. The van der Waals surface area contributed by atoms with Gasteiger partial charge in [0.15, 0.2) is 0 Å². The van der Waals surface area contributed by atoms with Crippen LogP contribution in [0.5, 0.6) is 0 Å². The van der Waals surface area contributed by atoms with Crippen molar-refractivity contribution in [2.75, 3.05) is 14.1 Å². The summed E-state index contributed by atoms with van der Waals surface area (Å²) in [4.78, 5) is 12.8. The highest BCUT2D eigenvalue weighted by molar-refractivity contribution is 5.78. The monoisotopic (exact) mass is 193 g/mol. The van der Waals surface area contributed by atoms with Crippen LogP contribution >= 0.6 is 0 Å². The van der Waals surface area contributed by atoms with Gasteiger partial charge in [0, 0.05) is 14.1 Å². The molecule has 1 amide bonds. The molecule has 78 valence electrons. The lowest BCUT2D eigenvalue weighted by Gasteiger charge is -2.09. The van der Waals surface area contributed by atoms with Crippen LogP contribution in [-0.4, -0.2) is 24.9 Å². The number of hydrogen-bond donors (Lipinski definition) is 0. The zero-order chi connectivity index (χ0) is 11.0. The van der Waals surface area contributed by atoms with Gasteiger partial charge in [0.05, 0.1) is 6.42 Å². The fraction of sp³-hybridized carbons (Fsp3) is 0.417. The number of amides is 1. The highest BCUT2D eigenvalue weighted by atomic mass is 16.2. The van der Waals surface area contributed by atoms with Crippen molar-refractivity contribution in [2.45, 2.75) is 20.3 Å². The smallest absolute Gasteiger partial charge is 0.226 e. The van der Waals surface area contributed by atoms with E-state index in [4.69, 9.17) is 0 Å². The molecule has 0 aliphatic heterocycles. The van der Waals surface area contributed by atoms with Crippen molar-refractivity contribution in [3.63, 3.8) is 0 Å². The maximum atomic E-state index is 11.2. The van der Waals surface area contributed by atoms with E-state index in [0.29, 0.717) is 6.42 Å². The molecule has 0 spiro atoms. The van der Waals surface area contributed by atoms with Gasteiger partial charge in [-0.1, -0.05) is 44.2 Å². The Kier molecular flexibility index (Phi) is 6.46. The van der Waals surface area contributed by atoms with E-state index in [2.05, 4.69) is 0 Å². The molecule has 0 aromatic heterocycles. The summed E-state index contributed by atoms with van der Waals surface area (Å²) < 4.78 is 0. The first kappa shape index (κ1) is 12.7. The van der Waals surface area contributed by atoms with Crippen molar-refractivity contribution >= 4 is 5.91 Å². The Hall–Kier alpha value is -1.31. The van der Waals surface area contributed by atoms with E-state index in [1.54, 1.807) is 19.0 Å².